The lowest BCUT2D eigenvalue weighted by atomic mass is 9.79. The van der Waals surface area contributed by atoms with Gasteiger partial charge in [0.15, 0.2) is 0 Å². The molecule has 0 amide bonds. The molecule has 0 N–H and O–H groups in total. The van der Waals surface area contributed by atoms with Crippen molar-refractivity contribution in [3.63, 3.8) is 0 Å². The third kappa shape index (κ3) is 2.37. The molecule has 0 saturated heterocycles. The van der Waals surface area contributed by atoms with Gasteiger partial charge in [-0.3, -0.25) is 4.79 Å². The van der Waals surface area contributed by atoms with Crippen LogP contribution in [0.4, 0.5) is 0 Å². The van der Waals surface area contributed by atoms with E-state index in [0.29, 0.717) is 17.6 Å². The Balaban J connectivity index is 1.76. The zero-order valence-corrected chi connectivity index (χ0v) is 9.46. The van der Waals surface area contributed by atoms with E-state index in [4.69, 9.17) is 0 Å². The smallest absolute Gasteiger partial charge is 0.136 e. The molecule has 2 fully saturated rings. The van der Waals surface area contributed by atoms with Crippen molar-refractivity contribution in [1.29, 1.82) is 0 Å². The van der Waals surface area contributed by atoms with E-state index in [1.807, 2.05) is 0 Å². The van der Waals surface area contributed by atoms with Crippen LogP contribution in [0.3, 0.4) is 0 Å². The van der Waals surface area contributed by atoms with E-state index in [0.717, 1.165) is 18.3 Å². The summed E-state index contributed by atoms with van der Waals surface area (Å²) in [5.41, 5.74) is 0. The lowest BCUT2D eigenvalue weighted by molar-refractivity contribution is -0.121. The summed E-state index contributed by atoms with van der Waals surface area (Å²) in [6.07, 6.45) is 7.38. The van der Waals surface area contributed by atoms with Gasteiger partial charge in [0.2, 0.25) is 0 Å². The Morgan fingerprint density at radius 2 is 1.93 bits per heavy atom. The summed E-state index contributed by atoms with van der Waals surface area (Å²) in [4.78, 5) is 11.8. The van der Waals surface area contributed by atoms with Crippen molar-refractivity contribution < 1.29 is 4.79 Å². The van der Waals surface area contributed by atoms with Crippen LogP contribution in [0.2, 0.25) is 0 Å². The van der Waals surface area contributed by atoms with Crippen LogP contribution in [0.1, 0.15) is 52.4 Å². The minimum atomic E-state index is 0.451. The highest BCUT2D eigenvalue weighted by Gasteiger charge is 2.39. The van der Waals surface area contributed by atoms with E-state index in [1.54, 1.807) is 0 Å². The number of hydrogen-bond donors (Lipinski definition) is 0. The highest BCUT2D eigenvalue weighted by molar-refractivity contribution is 5.83. The Morgan fingerprint density at radius 1 is 1.21 bits per heavy atom. The van der Waals surface area contributed by atoms with Gasteiger partial charge in [0, 0.05) is 12.3 Å². The minimum Gasteiger partial charge on any atom is -0.299 e. The first-order valence-electron chi connectivity index (χ1n) is 6.19. The van der Waals surface area contributed by atoms with Gasteiger partial charge in [-0.1, -0.05) is 33.1 Å². The van der Waals surface area contributed by atoms with Gasteiger partial charge < -0.3 is 0 Å². The molecule has 0 heterocycles. The number of carbonyl (C=O) groups is 1. The van der Waals surface area contributed by atoms with E-state index in [-0.39, 0.29) is 0 Å². The van der Waals surface area contributed by atoms with Crippen LogP contribution in [0, 0.1) is 23.7 Å². The second-order valence-electron chi connectivity index (χ2n) is 5.63. The molecule has 4 unspecified atom stereocenters. The van der Waals surface area contributed by atoms with Crippen molar-refractivity contribution in [3.05, 3.63) is 0 Å². The topological polar surface area (TPSA) is 17.1 Å². The third-order valence-corrected chi connectivity index (χ3v) is 4.06. The monoisotopic (exact) mass is 194 g/mol. The normalized spacial score (nSPS) is 42.1. The molecule has 80 valence electrons. The average molecular weight is 194 g/mol. The summed E-state index contributed by atoms with van der Waals surface area (Å²) in [7, 11) is 0. The molecule has 2 aliphatic carbocycles. The van der Waals surface area contributed by atoms with Crippen molar-refractivity contribution in [3.8, 4) is 0 Å². The van der Waals surface area contributed by atoms with E-state index < -0.39 is 0 Å². The van der Waals surface area contributed by atoms with Gasteiger partial charge in [0.05, 0.1) is 0 Å². The lowest BCUT2D eigenvalue weighted by Gasteiger charge is -2.26. The Labute approximate surface area is 87.3 Å². The first kappa shape index (κ1) is 10.2. The van der Waals surface area contributed by atoms with Gasteiger partial charge in [-0.2, -0.15) is 0 Å². The number of carbonyl (C=O) groups excluding carboxylic acids is 1. The molecule has 0 aromatic rings. The molecule has 0 radical (unpaired) electrons. The molecular weight excluding hydrogens is 172 g/mol. The van der Waals surface area contributed by atoms with E-state index in [1.165, 1.54) is 32.1 Å². The molecule has 14 heavy (non-hydrogen) atoms. The first-order chi connectivity index (χ1) is 6.66. The second kappa shape index (κ2) is 4.04. The minimum absolute atomic E-state index is 0.451. The zero-order valence-electron chi connectivity index (χ0n) is 9.46. The summed E-state index contributed by atoms with van der Waals surface area (Å²) in [6, 6.07) is 0. The molecule has 0 spiro atoms. The van der Waals surface area contributed by atoms with E-state index in [2.05, 4.69) is 13.8 Å². The van der Waals surface area contributed by atoms with E-state index in [9.17, 15) is 4.79 Å². The quantitative estimate of drug-likeness (QED) is 0.672. The molecule has 0 aliphatic heterocycles. The van der Waals surface area contributed by atoms with Crippen molar-refractivity contribution >= 4 is 5.78 Å². The predicted molar refractivity (Wildman–Crippen MR) is 58.0 cm³/mol. The second-order valence-corrected chi connectivity index (χ2v) is 5.63. The largest absolute Gasteiger partial charge is 0.299 e. The average Bonchev–Trinajstić information content (AvgIpc) is 2.82. The zero-order chi connectivity index (χ0) is 10.1. The molecule has 1 nitrogen and oxygen atoms in total. The van der Waals surface area contributed by atoms with E-state index >= 15 is 0 Å². The highest BCUT2D eigenvalue weighted by Crippen LogP contribution is 2.41. The molecule has 0 aromatic heterocycles. The van der Waals surface area contributed by atoms with Gasteiger partial charge in [-0.15, -0.1) is 0 Å². The van der Waals surface area contributed by atoms with Crippen LogP contribution in [0.5, 0.6) is 0 Å². The number of hydrogen-bond acceptors (Lipinski definition) is 1. The third-order valence-electron chi connectivity index (χ3n) is 4.06. The van der Waals surface area contributed by atoms with Gasteiger partial charge >= 0.3 is 0 Å². The Kier molecular flexibility index (Phi) is 2.94. The molecule has 2 saturated carbocycles. The van der Waals surface area contributed by atoms with Crippen LogP contribution >= 0.6 is 0 Å². The van der Waals surface area contributed by atoms with Crippen LogP contribution in [0.15, 0.2) is 0 Å². The summed E-state index contributed by atoms with van der Waals surface area (Å²) < 4.78 is 0. The summed E-state index contributed by atoms with van der Waals surface area (Å²) >= 11 is 0. The fourth-order valence-corrected chi connectivity index (χ4v) is 2.95. The maximum atomic E-state index is 11.8. The maximum absolute atomic E-state index is 11.8. The van der Waals surface area contributed by atoms with Crippen LogP contribution in [0.25, 0.3) is 0 Å². The highest BCUT2D eigenvalue weighted by atomic mass is 16.1. The van der Waals surface area contributed by atoms with Gasteiger partial charge in [-0.25, -0.2) is 0 Å². The summed E-state index contributed by atoms with van der Waals surface area (Å²) in [5.74, 6) is 3.30. The van der Waals surface area contributed by atoms with Crippen LogP contribution in [-0.2, 0) is 4.79 Å². The Hall–Kier alpha value is -0.330. The SMILES string of the molecule is CC1CCCC(CC(=O)C2CC2C)C1. The van der Waals surface area contributed by atoms with Crippen molar-refractivity contribution in [2.24, 2.45) is 23.7 Å². The predicted octanol–water partition coefficient (Wildman–Crippen LogP) is 3.43. The van der Waals surface area contributed by atoms with Gasteiger partial charge in [-0.05, 0) is 30.6 Å². The number of rotatable bonds is 3. The van der Waals surface area contributed by atoms with Gasteiger partial charge in [0.1, 0.15) is 5.78 Å². The lowest BCUT2D eigenvalue weighted by Crippen LogP contribution is -2.17. The van der Waals surface area contributed by atoms with Gasteiger partial charge in [0.25, 0.3) is 0 Å². The fourth-order valence-electron chi connectivity index (χ4n) is 2.95. The van der Waals surface area contributed by atoms with Crippen LogP contribution < -0.4 is 0 Å². The molecule has 0 bridgehead atoms. The molecule has 0 aromatic carbocycles. The molecule has 1 heteroatoms. The maximum Gasteiger partial charge on any atom is 0.136 e. The summed E-state index contributed by atoms with van der Waals surface area (Å²) in [5, 5.41) is 0. The molecule has 2 aliphatic rings. The fraction of sp³-hybridized carbons (Fsp3) is 0.923. The number of Topliss-reactive ketones (excluding diaryl/α,β-unsaturated/α-hetero) is 1. The summed E-state index contributed by atoms with van der Waals surface area (Å²) in [6.45, 7) is 4.53. The van der Waals surface area contributed by atoms with Crippen molar-refractivity contribution in [2.75, 3.05) is 0 Å². The Bertz CT molecular complexity index is 221. The van der Waals surface area contributed by atoms with Crippen LogP contribution in [-0.4, -0.2) is 5.78 Å². The number of ketones is 1. The standard InChI is InChI=1S/C13H22O/c1-9-4-3-5-11(6-9)8-13(14)12-7-10(12)2/h9-12H,3-8H2,1-2H3. The van der Waals surface area contributed by atoms with Crippen molar-refractivity contribution in [2.45, 2.75) is 52.4 Å². The molecule has 2 rings (SSSR count). The molecule has 4 atom stereocenters. The first-order valence-corrected chi connectivity index (χ1v) is 6.19. The van der Waals surface area contributed by atoms with Crippen molar-refractivity contribution in [1.82, 2.24) is 0 Å². The molecular formula is C13H22O. The Morgan fingerprint density at radius 3 is 2.50 bits per heavy atom.